The quantitative estimate of drug-likeness (QED) is 0.590. The second-order valence-corrected chi connectivity index (χ2v) is 7.55. The molecule has 0 aromatic heterocycles. The Morgan fingerprint density at radius 1 is 1.23 bits per heavy atom. The Morgan fingerprint density at radius 2 is 2.00 bits per heavy atom. The molecule has 0 saturated carbocycles. The Morgan fingerprint density at radius 3 is 2.65 bits per heavy atom. The molecule has 0 spiro atoms. The second-order valence-electron chi connectivity index (χ2n) is 5.69. The molecule has 2 aromatic carbocycles. The molecule has 26 heavy (non-hydrogen) atoms. The first-order chi connectivity index (χ1) is 12.6. The SMILES string of the molecule is CCCN1C(=O)/C(=C\c2ccc(OC)c(Br)c2)SC1=Nc1ccccc1. The van der Waals surface area contributed by atoms with Gasteiger partial charge in [-0.25, -0.2) is 4.99 Å². The van der Waals surface area contributed by atoms with E-state index in [1.165, 1.54) is 11.8 Å². The number of methoxy groups -OCH3 is 1. The number of aliphatic imine (C=N–C) groups is 1. The van der Waals surface area contributed by atoms with Crippen LogP contribution in [-0.2, 0) is 4.79 Å². The van der Waals surface area contributed by atoms with Crippen LogP contribution in [0.25, 0.3) is 6.08 Å². The highest BCUT2D eigenvalue weighted by Gasteiger charge is 2.32. The Kier molecular flexibility index (Phi) is 6.16. The number of nitrogens with zero attached hydrogens (tertiary/aromatic N) is 2. The number of amides is 1. The van der Waals surface area contributed by atoms with E-state index in [1.807, 2.05) is 54.6 Å². The van der Waals surface area contributed by atoms with Crippen molar-refractivity contribution < 1.29 is 9.53 Å². The van der Waals surface area contributed by atoms with Gasteiger partial charge in [-0.3, -0.25) is 9.69 Å². The Bertz CT molecular complexity index is 865. The van der Waals surface area contributed by atoms with Gasteiger partial charge >= 0.3 is 0 Å². The number of thioether (sulfide) groups is 1. The van der Waals surface area contributed by atoms with E-state index >= 15 is 0 Å². The molecule has 1 heterocycles. The van der Waals surface area contributed by atoms with Crippen LogP contribution >= 0.6 is 27.7 Å². The third-order valence-electron chi connectivity index (χ3n) is 3.79. The summed E-state index contributed by atoms with van der Waals surface area (Å²) in [6.45, 7) is 2.71. The monoisotopic (exact) mass is 430 g/mol. The van der Waals surface area contributed by atoms with Crippen molar-refractivity contribution >= 4 is 50.5 Å². The van der Waals surface area contributed by atoms with Crippen LogP contribution in [-0.4, -0.2) is 29.6 Å². The first kappa shape index (κ1) is 18.7. The summed E-state index contributed by atoms with van der Waals surface area (Å²) in [5.74, 6) is 0.759. The van der Waals surface area contributed by atoms with Gasteiger partial charge in [-0.2, -0.15) is 0 Å². The molecule has 0 N–H and O–H groups in total. The van der Waals surface area contributed by atoms with Crippen molar-refractivity contribution in [1.82, 2.24) is 4.90 Å². The van der Waals surface area contributed by atoms with Gasteiger partial charge < -0.3 is 4.74 Å². The predicted molar refractivity (Wildman–Crippen MR) is 112 cm³/mol. The van der Waals surface area contributed by atoms with Crippen molar-refractivity contribution in [3.8, 4) is 5.75 Å². The number of hydrogen-bond donors (Lipinski definition) is 0. The molecular formula is C20H19BrN2O2S. The fourth-order valence-corrected chi connectivity index (χ4v) is 4.13. The van der Waals surface area contributed by atoms with Crippen molar-refractivity contribution in [2.24, 2.45) is 4.99 Å². The molecule has 1 aliphatic heterocycles. The van der Waals surface area contributed by atoms with Crippen LogP contribution in [0.3, 0.4) is 0 Å². The smallest absolute Gasteiger partial charge is 0.266 e. The topological polar surface area (TPSA) is 41.9 Å². The molecule has 1 saturated heterocycles. The van der Waals surface area contributed by atoms with Gasteiger partial charge in [-0.1, -0.05) is 31.2 Å². The van der Waals surface area contributed by atoms with Crippen LogP contribution in [0.1, 0.15) is 18.9 Å². The average Bonchev–Trinajstić information content (AvgIpc) is 2.92. The van der Waals surface area contributed by atoms with E-state index in [0.717, 1.165) is 33.1 Å². The minimum absolute atomic E-state index is 0.00142. The van der Waals surface area contributed by atoms with Crippen molar-refractivity contribution in [3.63, 3.8) is 0 Å². The maximum absolute atomic E-state index is 12.8. The highest BCUT2D eigenvalue weighted by atomic mass is 79.9. The zero-order valence-electron chi connectivity index (χ0n) is 14.6. The number of rotatable bonds is 5. The number of benzene rings is 2. The number of carbonyl (C=O) groups is 1. The lowest BCUT2D eigenvalue weighted by Crippen LogP contribution is -2.29. The third-order valence-corrected chi connectivity index (χ3v) is 5.42. The van der Waals surface area contributed by atoms with Gasteiger partial charge in [0.05, 0.1) is 22.2 Å². The number of hydrogen-bond acceptors (Lipinski definition) is 4. The Balaban J connectivity index is 1.92. The lowest BCUT2D eigenvalue weighted by molar-refractivity contribution is -0.122. The standard InChI is InChI=1S/C20H19BrN2O2S/c1-3-11-23-19(24)18(13-14-9-10-17(25-2)16(21)12-14)26-20(23)22-15-7-5-4-6-8-15/h4-10,12-13H,3,11H2,1-2H3/b18-13+,22-20?. The van der Waals surface area contributed by atoms with Crippen LogP contribution in [0.5, 0.6) is 5.75 Å². The molecule has 0 bridgehead atoms. The van der Waals surface area contributed by atoms with Crippen molar-refractivity contribution in [1.29, 1.82) is 0 Å². The fourth-order valence-electron chi connectivity index (χ4n) is 2.55. The molecule has 3 rings (SSSR count). The van der Waals surface area contributed by atoms with Gasteiger partial charge in [0.25, 0.3) is 5.91 Å². The van der Waals surface area contributed by atoms with E-state index in [-0.39, 0.29) is 5.91 Å². The van der Waals surface area contributed by atoms with Crippen LogP contribution < -0.4 is 4.74 Å². The molecule has 1 aliphatic rings. The number of carbonyl (C=O) groups excluding carboxylic acids is 1. The van der Waals surface area contributed by atoms with Crippen LogP contribution in [0.15, 0.2) is 62.9 Å². The molecule has 0 atom stereocenters. The summed E-state index contributed by atoms with van der Waals surface area (Å²) in [5, 5.41) is 0.724. The number of para-hydroxylation sites is 1. The zero-order chi connectivity index (χ0) is 18.5. The summed E-state index contributed by atoms with van der Waals surface area (Å²) in [7, 11) is 1.63. The maximum atomic E-state index is 12.8. The lowest BCUT2D eigenvalue weighted by Gasteiger charge is -2.13. The molecular weight excluding hydrogens is 412 g/mol. The summed E-state index contributed by atoms with van der Waals surface area (Å²) in [5.41, 5.74) is 1.78. The molecule has 4 nitrogen and oxygen atoms in total. The summed E-state index contributed by atoms with van der Waals surface area (Å²) < 4.78 is 6.11. The summed E-state index contributed by atoms with van der Waals surface area (Å²) >= 11 is 4.90. The fraction of sp³-hybridized carbons (Fsp3) is 0.200. The Hall–Kier alpha value is -2.05. The molecule has 2 aromatic rings. The first-order valence-electron chi connectivity index (χ1n) is 8.31. The molecule has 0 radical (unpaired) electrons. The van der Waals surface area contributed by atoms with Gasteiger partial charge in [0.15, 0.2) is 5.17 Å². The van der Waals surface area contributed by atoms with Crippen LogP contribution in [0, 0.1) is 0 Å². The number of amidine groups is 1. The molecule has 0 unspecified atom stereocenters. The van der Waals surface area contributed by atoms with Gasteiger partial charge in [0, 0.05) is 6.54 Å². The van der Waals surface area contributed by atoms with E-state index in [2.05, 4.69) is 27.8 Å². The molecule has 1 amide bonds. The van der Waals surface area contributed by atoms with Gasteiger partial charge in [-0.05, 0) is 70.0 Å². The Labute approximate surface area is 166 Å². The summed E-state index contributed by atoms with van der Waals surface area (Å²) in [6, 6.07) is 15.5. The van der Waals surface area contributed by atoms with Gasteiger partial charge in [0.1, 0.15) is 5.75 Å². The van der Waals surface area contributed by atoms with Crippen LogP contribution in [0.2, 0.25) is 0 Å². The van der Waals surface area contributed by atoms with E-state index in [4.69, 9.17) is 4.74 Å². The van der Waals surface area contributed by atoms with E-state index < -0.39 is 0 Å². The van der Waals surface area contributed by atoms with E-state index in [9.17, 15) is 4.79 Å². The molecule has 1 fully saturated rings. The minimum Gasteiger partial charge on any atom is -0.496 e. The number of halogens is 1. The van der Waals surface area contributed by atoms with Gasteiger partial charge in [0.2, 0.25) is 0 Å². The minimum atomic E-state index is -0.00142. The largest absolute Gasteiger partial charge is 0.496 e. The third kappa shape index (κ3) is 4.19. The van der Waals surface area contributed by atoms with E-state index in [1.54, 1.807) is 12.0 Å². The first-order valence-corrected chi connectivity index (χ1v) is 9.92. The van der Waals surface area contributed by atoms with Gasteiger partial charge in [-0.15, -0.1) is 0 Å². The van der Waals surface area contributed by atoms with Crippen molar-refractivity contribution in [3.05, 3.63) is 63.5 Å². The summed E-state index contributed by atoms with van der Waals surface area (Å²) in [6.07, 6.45) is 2.77. The molecule has 0 aliphatic carbocycles. The molecule has 134 valence electrons. The normalized spacial score (nSPS) is 17.3. The summed E-state index contributed by atoms with van der Waals surface area (Å²) in [4.78, 5) is 19.9. The highest BCUT2D eigenvalue weighted by molar-refractivity contribution is 9.10. The van der Waals surface area contributed by atoms with Crippen LogP contribution in [0.4, 0.5) is 5.69 Å². The van der Waals surface area contributed by atoms with Crippen molar-refractivity contribution in [2.75, 3.05) is 13.7 Å². The zero-order valence-corrected chi connectivity index (χ0v) is 17.0. The molecule has 6 heteroatoms. The van der Waals surface area contributed by atoms with Crippen molar-refractivity contribution in [2.45, 2.75) is 13.3 Å². The predicted octanol–water partition coefficient (Wildman–Crippen LogP) is 5.47. The van der Waals surface area contributed by atoms with E-state index in [0.29, 0.717) is 11.4 Å². The maximum Gasteiger partial charge on any atom is 0.266 e. The number of ether oxygens (including phenoxy) is 1. The average molecular weight is 431 g/mol. The second kappa shape index (κ2) is 8.56. The lowest BCUT2D eigenvalue weighted by atomic mass is 10.2. The highest BCUT2D eigenvalue weighted by Crippen LogP contribution is 2.35.